The van der Waals surface area contributed by atoms with Crippen LogP contribution in [0.4, 0.5) is 5.69 Å². The number of hydrogen-bond donors (Lipinski definition) is 1. The quantitative estimate of drug-likeness (QED) is 0.734. The van der Waals surface area contributed by atoms with E-state index >= 15 is 0 Å². The van der Waals surface area contributed by atoms with Gasteiger partial charge in [-0.1, -0.05) is 20.8 Å². The van der Waals surface area contributed by atoms with Gasteiger partial charge < -0.3 is 9.64 Å². The molecular formula is C21H26N2OS. The van der Waals surface area contributed by atoms with Gasteiger partial charge in [0.25, 0.3) is 0 Å². The van der Waals surface area contributed by atoms with E-state index in [9.17, 15) is 0 Å². The van der Waals surface area contributed by atoms with Crippen molar-refractivity contribution in [3.8, 4) is 11.8 Å². The first-order valence-corrected chi connectivity index (χ1v) is 8.91. The molecule has 0 unspecified atom stereocenters. The lowest BCUT2D eigenvalue weighted by Crippen LogP contribution is -2.35. The highest BCUT2D eigenvalue weighted by atomic mass is 32.1. The van der Waals surface area contributed by atoms with E-state index in [2.05, 4.69) is 50.4 Å². The van der Waals surface area contributed by atoms with Crippen LogP contribution in [-0.2, 0) is 0 Å². The molecule has 25 heavy (non-hydrogen) atoms. The number of ether oxygens (including phenoxy) is 1. The van der Waals surface area contributed by atoms with Crippen molar-refractivity contribution in [1.82, 2.24) is 0 Å². The van der Waals surface area contributed by atoms with Crippen molar-refractivity contribution in [2.24, 2.45) is 5.41 Å². The third kappa shape index (κ3) is 6.03. The summed E-state index contributed by atoms with van der Waals surface area (Å²) in [6.07, 6.45) is 0. The zero-order valence-electron chi connectivity index (χ0n) is 15.4. The monoisotopic (exact) mass is 354 g/mol. The maximum atomic E-state index is 9.13. The molecule has 0 atom stereocenters. The fraction of sp³-hybridized carbons (Fsp3) is 0.381. The molecule has 0 N–H and O–H groups in total. The van der Waals surface area contributed by atoms with E-state index in [-0.39, 0.29) is 5.41 Å². The Morgan fingerprint density at radius 2 is 1.80 bits per heavy atom. The zero-order valence-corrected chi connectivity index (χ0v) is 16.3. The fourth-order valence-electron chi connectivity index (χ4n) is 2.66. The zero-order chi connectivity index (χ0) is 18.4. The van der Waals surface area contributed by atoms with Crippen LogP contribution in [0.5, 0.6) is 5.75 Å². The number of thiol groups is 1. The van der Waals surface area contributed by atoms with E-state index < -0.39 is 0 Å². The fourth-order valence-corrected chi connectivity index (χ4v) is 2.81. The normalized spacial score (nSPS) is 11.0. The molecule has 0 saturated heterocycles. The summed E-state index contributed by atoms with van der Waals surface area (Å²) >= 11 is 4.29. The molecule has 0 bridgehead atoms. The summed E-state index contributed by atoms with van der Waals surface area (Å²) in [5.41, 5.74) is 3.02. The Balaban J connectivity index is 2.09. The summed E-state index contributed by atoms with van der Waals surface area (Å²) in [6, 6.07) is 15.9. The molecule has 0 heterocycles. The Kier molecular flexibility index (Phi) is 6.39. The molecule has 0 aliphatic rings. The summed E-state index contributed by atoms with van der Waals surface area (Å²) in [7, 11) is 0. The van der Waals surface area contributed by atoms with Gasteiger partial charge in [-0.3, -0.25) is 0 Å². The molecule has 0 aliphatic heterocycles. The Bertz CT molecular complexity index is 742. The molecule has 3 nitrogen and oxygen atoms in total. The highest BCUT2D eigenvalue weighted by Crippen LogP contribution is 2.24. The lowest BCUT2D eigenvalue weighted by molar-refractivity contribution is 0.313. The van der Waals surface area contributed by atoms with Gasteiger partial charge >= 0.3 is 0 Å². The molecule has 132 valence electrons. The molecule has 2 aromatic carbocycles. The van der Waals surface area contributed by atoms with Crippen molar-refractivity contribution in [2.45, 2.75) is 32.6 Å². The third-order valence-electron chi connectivity index (χ3n) is 3.83. The van der Waals surface area contributed by atoms with Crippen molar-refractivity contribution in [2.75, 3.05) is 24.6 Å². The molecule has 4 heteroatoms. The van der Waals surface area contributed by atoms with Crippen LogP contribution >= 0.6 is 12.6 Å². The Morgan fingerprint density at radius 3 is 2.36 bits per heavy atom. The van der Waals surface area contributed by atoms with Crippen LogP contribution in [0.15, 0.2) is 47.4 Å². The van der Waals surface area contributed by atoms with E-state index in [0.29, 0.717) is 6.61 Å². The van der Waals surface area contributed by atoms with Crippen molar-refractivity contribution >= 4 is 18.3 Å². The number of rotatable bonds is 6. The number of benzene rings is 2. The smallest absolute Gasteiger partial charge is 0.119 e. The molecule has 0 aromatic heterocycles. The first kappa shape index (κ1) is 19.2. The molecule has 2 rings (SSSR count). The van der Waals surface area contributed by atoms with E-state index in [0.717, 1.165) is 40.5 Å². The summed E-state index contributed by atoms with van der Waals surface area (Å²) in [5, 5.41) is 9.13. The first-order valence-electron chi connectivity index (χ1n) is 8.46. The number of hydrogen-bond acceptors (Lipinski definition) is 4. The number of nitriles is 1. The van der Waals surface area contributed by atoms with E-state index in [1.165, 1.54) is 0 Å². The van der Waals surface area contributed by atoms with Crippen LogP contribution in [0.3, 0.4) is 0 Å². The highest BCUT2D eigenvalue weighted by Gasteiger charge is 2.17. The number of nitrogens with zero attached hydrogens (tertiary/aromatic N) is 2. The average Bonchev–Trinajstić information content (AvgIpc) is 2.54. The van der Waals surface area contributed by atoms with Crippen LogP contribution in [0.25, 0.3) is 0 Å². The van der Waals surface area contributed by atoms with Crippen molar-refractivity contribution < 1.29 is 4.74 Å². The lowest BCUT2D eigenvalue weighted by Gasteiger charge is -2.32. The van der Waals surface area contributed by atoms with Crippen LogP contribution in [0.1, 0.15) is 31.9 Å². The van der Waals surface area contributed by atoms with Gasteiger partial charge in [-0.25, -0.2) is 0 Å². The predicted molar refractivity (Wildman–Crippen MR) is 107 cm³/mol. The van der Waals surface area contributed by atoms with Crippen molar-refractivity contribution in [3.05, 3.63) is 53.6 Å². The summed E-state index contributed by atoms with van der Waals surface area (Å²) in [4.78, 5) is 3.25. The molecule has 0 spiro atoms. The van der Waals surface area contributed by atoms with Crippen molar-refractivity contribution in [1.29, 1.82) is 5.26 Å². The van der Waals surface area contributed by atoms with Gasteiger partial charge in [0.15, 0.2) is 0 Å². The molecule has 2 aromatic rings. The second-order valence-corrected chi connectivity index (χ2v) is 7.95. The van der Waals surface area contributed by atoms with Crippen LogP contribution in [-0.4, -0.2) is 19.7 Å². The van der Waals surface area contributed by atoms with Gasteiger partial charge in [0.1, 0.15) is 12.4 Å². The maximum absolute atomic E-state index is 9.13. The highest BCUT2D eigenvalue weighted by molar-refractivity contribution is 7.80. The van der Waals surface area contributed by atoms with Gasteiger partial charge in [0.2, 0.25) is 0 Å². The second-order valence-electron chi connectivity index (χ2n) is 7.44. The van der Waals surface area contributed by atoms with Crippen LogP contribution in [0.2, 0.25) is 0 Å². The minimum absolute atomic E-state index is 0.162. The average molecular weight is 355 g/mol. The molecule has 0 aliphatic carbocycles. The van der Waals surface area contributed by atoms with Gasteiger partial charge in [-0.2, -0.15) is 5.26 Å². The Hall–Kier alpha value is -2.12. The van der Waals surface area contributed by atoms with E-state index in [1.54, 1.807) is 0 Å². The molecule has 0 amide bonds. The molecule has 0 saturated carbocycles. The Labute approximate surface area is 156 Å². The topological polar surface area (TPSA) is 36.3 Å². The van der Waals surface area contributed by atoms with Crippen LogP contribution in [0, 0.1) is 23.7 Å². The Morgan fingerprint density at radius 1 is 1.12 bits per heavy atom. The van der Waals surface area contributed by atoms with Gasteiger partial charge in [-0.15, -0.1) is 12.6 Å². The van der Waals surface area contributed by atoms with E-state index in [4.69, 9.17) is 10.00 Å². The second kappa shape index (κ2) is 8.31. The number of anilines is 1. The van der Waals surface area contributed by atoms with Gasteiger partial charge in [0.05, 0.1) is 18.2 Å². The summed E-state index contributed by atoms with van der Waals surface area (Å²) < 4.78 is 5.87. The molecule has 0 fully saturated rings. The maximum Gasteiger partial charge on any atom is 0.119 e. The largest absolute Gasteiger partial charge is 0.492 e. The molecular weight excluding hydrogens is 328 g/mol. The SMILES string of the molecule is Cc1cc(N(CCOc2ccc(S)cc2)CC(C)(C)C)ccc1C#N. The van der Waals surface area contributed by atoms with Crippen LogP contribution < -0.4 is 9.64 Å². The van der Waals surface area contributed by atoms with Gasteiger partial charge in [0, 0.05) is 17.1 Å². The molecule has 0 radical (unpaired) electrons. The predicted octanol–water partition coefficient (Wildman–Crippen LogP) is 5.09. The minimum atomic E-state index is 0.162. The minimum Gasteiger partial charge on any atom is -0.492 e. The lowest BCUT2D eigenvalue weighted by atomic mass is 9.95. The third-order valence-corrected chi connectivity index (χ3v) is 4.13. The number of aryl methyl sites for hydroxylation is 1. The van der Waals surface area contributed by atoms with Gasteiger partial charge in [-0.05, 0) is 60.4 Å². The van der Waals surface area contributed by atoms with E-state index in [1.807, 2.05) is 43.3 Å². The first-order chi connectivity index (χ1) is 11.8. The van der Waals surface area contributed by atoms with Crippen molar-refractivity contribution in [3.63, 3.8) is 0 Å². The standard InChI is InChI=1S/C21H26N2OS/c1-16-13-18(6-5-17(16)14-22)23(15-21(2,3)4)11-12-24-19-7-9-20(25)10-8-19/h5-10,13,25H,11-12,15H2,1-4H3. The summed E-state index contributed by atoms with van der Waals surface area (Å²) in [6.45, 7) is 10.9. The summed E-state index contributed by atoms with van der Waals surface area (Å²) in [5.74, 6) is 0.851.